The molecule has 0 bridgehead atoms. The molecule has 0 fully saturated rings. The largest absolute Gasteiger partial charge is 0.481 e. The molecule has 0 rings (SSSR count). The zero-order valence-corrected chi connectivity index (χ0v) is 15.4. The standard InChI is InChI=1S/C15H25N5O8/c1-6(2)12(15(27)28)20-10(22)5-18-14(26)8(4-11(23)24)19-13(25)7(16)3-9(17)21/h6-8,12H,3-5,16H2,1-2H3,(H2,17,21)(H,18,26)(H,19,25)(H,20,22)(H,23,24)(H,27,28). The quantitative estimate of drug-likeness (QED) is 0.171. The number of nitrogens with two attached hydrogens (primary N) is 2. The molecule has 0 aliphatic rings. The Morgan fingerprint density at radius 1 is 0.929 bits per heavy atom. The van der Waals surface area contributed by atoms with Crippen molar-refractivity contribution in [3.63, 3.8) is 0 Å². The first-order valence-corrected chi connectivity index (χ1v) is 8.21. The van der Waals surface area contributed by atoms with E-state index in [-0.39, 0.29) is 0 Å². The van der Waals surface area contributed by atoms with E-state index in [2.05, 4.69) is 16.0 Å². The molecule has 0 aromatic heterocycles. The van der Waals surface area contributed by atoms with E-state index < -0.39 is 79.0 Å². The number of hydrogen-bond acceptors (Lipinski definition) is 7. The fourth-order valence-electron chi connectivity index (χ4n) is 2.00. The molecule has 158 valence electrons. The van der Waals surface area contributed by atoms with Crippen molar-refractivity contribution in [2.75, 3.05) is 6.54 Å². The van der Waals surface area contributed by atoms with Crippen LogP contribution in [0.25, 0.3) is 0 Å². The highest BCUT2D eigenvalue weighted by Gasteiger charge is 2.28. The van der Waals surface area contributed by atoms with Crippen LogP contribution in [0.1, 0.15) is 26.7 Å². The summed E-state index contributed by atoms with van der Waals surface area (Å²) in [6.45, 7) is 2.51. The van der Waals surface area contributed by atoms with Crippen molar-refractivity contribution in [3.05, 3.63) is 0 Å². The minimum absolute atomic E-state index is 0.414. The molecule has 0 aromatic carbocycles. The second-order valence-corrected chi connectivity index (χ2v) is 6.28. The van der Waals surface area contributed by atoms with Crippen molar-refractivity contribution in [2.24, 2.45) is 17.4 Å². The highest BCUT2D eigenvalue weighted by atomic mass is 16.4. The maximum Gasteiger partial charge on any atom is 0.326 e. The van der Waals surface area contributed by atoms with E-state index in [4.69, 9.17) is 21.7 Å². The molecule has 0 aromatic rings. The first-order chi connectivity index (χ1) is 12.8. The lowest BCUT2D eigenvalue weighted by atomic mass is 10.0. The van der Waals surface area contributed by atoms with E-state index in [0.717, 1.165) is 0 Å². The summed E-state index contributed by atoms with van der Waals surface area (Å²) >= 11 is 0. The summed E-state index contributed by atoms with van der Waals surface area (Å²) in [5.74, 6) is -6.75. The van der Waals surface area contributed by atoms with Crippen LogP contribution >= 0.6 is 0 Å². The second-order valence-electron chi connectivity index (χ2n) is 6.28. The number of rotatable bonds is 12. The molecular formula is C15H25N5O8. The van der Waals surface area contributed by atoms with E-state index in [9.17, 15) is 28.8 Å². The molecule has 9 N–H and O–H groups in total. The molecule has 0 aliphatic carbocycles. The molecule has 0 aliphatic heterocycles. The second kappa shape index (κ2) is 11.5. The van der Waals surface area contributed by atoms with Crippen molar-refractivity contribution < 1.29 is 39.0 Å². The van der Waals surface area contributed by atoms with Crippen LogP contribution in [-0.2, 0) is 28.8 Å². The summed E-state index contributed by atoms with van der Waals surface area (Å²) in [5.41, 5.74) is 10.3. The number of nitrogens with one attached hydrogen (secondary N) is 3. The first-order valence-electron chi connectivity index (χ1n) is 8.21. The maximum absolute atomic E-state index is 12.1. The summed E-state index contributed by atoms with van der Waals surface area (Å²) in [4.78, 5) is 68.5. The van der Waals surface area contributed by atoms with Crippen LogP contribution in [0.2, 0.25) is 0 Å². The molecule has 13 nitrogen and oxygen atoms in total. The number of carbonyl (C=O) groups excluding carboxylic acids is 4. The monoisotopic (exact) mass is 403 g/mol. The summed E-state index contributed by atoms with van der Waals surface area (Å²) in [6, 6.07) is -4.13. The number of carbonyl (C=O) groups is 6. The van der Waals surface area contributed by atoms with Gasteiger partial charge in [0, 0.05) is 0 Å². The van der Waals surface area contributed by atoms with Crippen LogP contribution in [0.15, 0.2) is 0 Å². The number of amides is 4. The lowest BCUT2D eigenvalue weighted by Crippen LogP contribution is -2.54. The Bertz CT molecular complexity index is 636. The summed E-state index contributed by atoms with van der Waals surface area (Å²) in [6.07, 6.45) is -1.33. The Labute approximate surface area is 160 Å². The molecule has 3 unspecified atom stereocenters. The fourth-order valence-corrected chi connectivity index (χ4v) is 2.00. The van der Waals surface area contributed by atoms with Gasteiger partial charge in [0.05, 0.1) is 25.4 Å². The lowest BCUT2D eigenvalue weighted by Gasteiger charge is -2.20. The number of carboxylic acid groups (broad SMARTS) is 2. The topological polar surface area (TPSA) is 231 Å². The Balaban J connectivity index is 4.87. The lowest BCUT2D eigenvalue weighted by molar-refractivity contribution is -0.143. The van der Waals surface area contributed by atoms with Crippen LogP contribution in [0.4, 0.5) is 0 Å². The van der Waals surface area contributed by atoms with Gasteiger partial charge in [0.1, 0.15) is 12.1 Å². The van der Waals surface area contributed by atoms with Gasteiger partial charge in [-0.15, -0.1) is 0 Å². The molecule has 0 radical (unpaired) electrons. The minimum Gasteiger partial charge on any atom is -0.481 e. The first kappa shape index (κ1) is 24.8. The Morgan fingerprint density at radius 3 is 1.93 bits per heavy atom. The van der Waals surface area contributed by atoms with Gasteiger partial charge in [-0.05, 0) is 5.92 Å². The number of hydrogen-bond donors (Lipinski definition) is 7. The molecule has 0 saturated carbocycles. The number of carboxylic acids is 2. The molecule has 0 heterocycles. The molecular weight excluding hydrogens is 378 g/mol. The molecule has 3 atom stereocenters. The minimum atomic E-state index is -1.57. The van der Waals surface area contributed by atoms with Crippen molar-refractivity contribution in [1.82, 2.24) is 16.0 Å². The highest BCUT2D eigenvalue weighted by molar-refractivity contribution is 5.95. The van der Waals surface area contributed by atoms with Gasteiger partial charge in [-0.2, -0.15) is 0 Å². The van der Waals surface area contributed by atoms with E-state index in [1.165, 1.54) is 0 Å². The van der Waals surface area contributed by atoms with Crippen molar-refractivity contribution in [1.29, 1.82) is 0 Å². The van der Waals surface area contributed by atoms with Gasteiger partial charge >= 0.3 is 11.9 Å². The van der Waals surface area contributed by atoms with Crippen LogP contribution < -0.4 is 27.4 Å². The third-order valence-electron chi connectivity index (χ3n) is 3.44. The zero-order valence-electron chi connectivity index (χ0n) is 15.4. The van der Waals surface area contributed by atoms with Crippen molar-refractivity contribution in [3.8, 4) is 0 Å². The van der Waals surface area contributed by atoms with Gasteiger partial charge in [-0.3, -0.25) is 24.0 Å². The summed E-state index contributed by atoms with van der Waals surface area (Å²) in [7, 11) is 0. The van der Waals surface area contributed by atoms with Gasteiger partial charge in [0.15, 0.2) is 0 Å². The van der Waals surface area contributed by atoms with Gasteiger partial charge in [-0.1, -0.05) is 13.8 Å². The van der Waals surface area contributed by atoms with Gasteiger partial charge in [-0.25, -0.2) is 4.79 Å². The van der Waals surface area contributed by atoms with Gasteiger partial charge in [0.25, 0.3) is 0 Å². The van der Waals surface area contributed by atoms with Crippen LogP contribution in [0.3, 0.4) is 0 Å². The van der Waals surface area contributed by atoms with Crippen molar-refractivity contribution in [2.45, 2.75) is 44.8 Å². The van der Waals surface area contributed by atoms with Crippen LogP contribution in [0, 0.1) is 5.92 Å². The maximum atomic E-state index is 12.1. The summed E-state index contributed by atoms with van der Waals surface area (Å²) in [5, 5.41) is 24.2. The predicted molar refractivity (Wildman–Crippen MR) is 93.4 cm³/mol. The molecule has 28 heavy (non-hydrogen) atoms. The normalized spacial score (nSPS) is 13.7. The SMILES string of the molecule is CC(C)C(NC(=O)CNC(=O)C(CC(=O)O)NC(=O)C(N)CC(N)=O)C(=O)O. The average molecular weight is 403 g/mol. The van der Waals surface area contributed by atoms with E-state index >= 15 is 0 Å². The van der Waals surface area contributed by atoms with E-state index in [0.29, 0.717) is 0 Å². The van der Waals surface area contributed by atoms with Gasteiger partial charge < -0.3 is 37.6 Å². The summed E-state index contributed by atoms with van der Waals surface area (Å²) < 4.78 is 0. The number of primary amides is 1. The highest BCUT2D eigenvalue weighted by Crippen LogP contribution is 2.01. The third-order valence-corrected chi connectivity index (χ3v) is 3.44. The zero-order chi connectivity index (χ0) is 22.0. The molecule has 0 saturated heterocycles. The Kier molecular flexibility index (Phi) is 10.2. The number of aliphatic carboxylic acids is 2. The Hall–Kier alpha value is -3.22. The molecule has 13 heteroatoms. The van der Waals surface area contributed by atoms with Gasteiger partial charge in [0.2, 0.25) is 23.6 Å². The fraction of sp³-hybridized carbons (Fsp3) is 0.600. The third kappa shape index (κ3) is 9.47. The smallest absolute Gasteiger partial charge is 0.326 e. The van der Waals surface area contributed by atoms with E-state index in [1.54, 1.807) is 13.8 Å². The van der Waals surface area contributed by atoms with E-state index in [1.807, 2.05) is 0 Å². The predicted octanol–water partition coefficient (Wildman–Crippen LogP) is -3.51. The molecule has 0 spiro atoms. The van der Waals surface area contributed by atoms with Crippen molar-refractivity contribution >= 4 is 35.6 Å². The average Bonchev–Trinajstić information content (AvgIpc) is 2.55. The van der Waals surface area contributed by atoms with Crippen LogP contribution in [-0.4, -0.2) is 70.5 Å². The molecule has 4 amide bonds. The Morgan fingerprint density at radius 2 is 1.50 bits per heavy atom. The van der Waals surface area contributed by atoms with Crippen LogP contribution in [0.5, 0.6) is 0 Å².